The first-order valence-corrected chi connectivity index (χ1v) is 10.3. The Morgan fingerprint density at radius 3 is 2.45 bits per heavy atom. The molecular weight excluding hydrogens is 362 g/mol. The fraction of sp³-hybridized carbons (Fsp3) is 0.400. The largest absolute Gasteiger partial charge is 0.485 e. The van der Waals surface area contributed by atoms with E-state index in [9.17, 15) is 4.79 Å². The maximum atomic E-state index is 12.6. The molecule has 0 N–H and O–H groups in total. The van der Waals surface area contributed by atoms with Gasteiger partial charge in [-0.3, -0.25) is 0 Å². The Morgan fingerprint density at radius 2 is 1.83 bits per heavy atom. The summed E-state index contributed by atoms with van der Waals surface area (Å²) in [6.45, 7) is 10.8. The maximum Gasteiger partial charge on any atom is 0.410 e. The second kappa shape index (κ2) is 9.17. The van der Waals surface area contributed by atoms with Crippen molar-refractivity contribution in [3.63, 3.8) is 0 Å². The Bertz CT molecular complexity index is 808. The molecule has 1 amide bonds. The van der Waals surface area contributed by atoms with Crippen molar-refractivity contribution in [2.75, 3.05) is 13.1 Å². The number of amides is 1. The van der Waals surface area contributed by atoms with Crippen molar-refractivity contribution in [2.45, 2.75) is 45.3 Å². The van der Waals surface area contributed by atoms with Crippen LogP contribution in [0, 0.1) is 5.92 Å². The van der Waals surface area contributed by atoms with E-state index in [0.29, 0.717) is 6.54 Å². The number of hydrogen-bond donors (Lipinski definition) is 0. The SMILES string of the molecule is C=Cc1ccc(OC(c2ccccc2)C2CCCN(C(=O)OC(C)(C)C)C2)cc1. The molecule has 4 heteroatoms. The molecule has 3 rings (SSSR count). The molecule has 0 bridgehead atoms. The van der Waals surface area contributed by atoms with Gasteiger partial charge in [-0.2, -0.15) is 0 Å². The predicted octanol–water partition coefficient (Wildman–Crippen LogP) is 6.10. The highest BCUT2D eigenvalue weighted by molar-refractivity contribution is 5.68. The van der Waals surface area contributed by atoms with Gasteiger partial charge in [-0.1, -0.05) is 55.1 Å². The van der Waals surface area contributed by atoms with Gasteiger partial charge in [0, 0.05) is 19.0 Å². The molecule has 2 unspecified atom stereocenters. The number of hydrogen-bond acceptors (Lipinski definition) is 3. The van der Waals surface area contributed by atoms with Gasteiger partial charge in [0.2, 0.25) is 0 Å². The third-order valence-electron chi connectivity index (χ3n) is 5.04. The number of carbonyl (C=O) groups excluding carboxylic acids is 1. The van der Waals surface area contributed by atoms with E-state index < -0.39 is 5.60 Å². The molecule has 1 aliphatic rings. The van der Waals surface area contributed by atoms with Crippen LogP contribution in [-0.2, 0) is 4.74 Å². The van der Waals surface area contributed by atoms with Crippen LogP contribution in [0.3, 0.4) is 0 Å². The molecule has 0 spiro atoms. The Hall–Kier alpha value is -2.75. The van der Waals surface area contributed by atoms with E-state index in [2.05, 4.69) is 18.7 Å². The Balaban J connectivity index is 1.79. The van der Waals surface area contributed by atoms with Crippen molar-refractivity contribution in [3.8, 4) is 5.75 Å². The van der Waals surface area contributed by atoms with Crippen LogP contribution in [0.4, 0.5) is 4.79 Å². The van der Waals surface area contributed by atoms with E-state index in [-0.39, 0.29) is 18.1 Å². The van der Waals surface area contributed by atoms with Gasteiger partial charge in [0.25, 0.3) is 0 Å². The lowest BCUT2D eigenvalue weighted by atomic mass is 9.88. The summed E-state index contributed by atoms with van der Waals surface area (Å²) in [6.07, 6.45) is 3.38. The fourth-order valence-corrected chi connectivity index (χ4v) is 3.66. The highest BCUT2D eigenvalue weighted by atomic mass is 16.6. The number of likely N-dealkylation sites (tertiary alicyclic amines) is 1. The zero-order valence-corrected chi connectivity index (χ0v) is 17.6. The minimum Gasteiger partial charge on any atom is -0.485 e. The monoisotopic (exact) mass is 393 g/mol. The molecule has 29 heavy (non-hydrogen) atoms. The Labute approximate surface area is 174 Å². The highest BCUT2D eigenvalue weighted by Gasteiger charge is 2.33. The molecule has 1 fully saturated rings. The summed E-state index contributed by atoms with van der Waals surface area (Å²) < 4.78 is 12.0. The minimum atomic E-state index is -0.494. The fourth-order valence-electron chi connectivity index (χ4n) is 3.66. The zero-order chi connectivity index (χ0) is 20.9. The first-order chi connectivity index (χ1) is 13.9. The number of piperidine rings is 1. The molecule has 154 valence electrons. The summed E-state index contributed by atoms with van der Waals surface area (Å²) in [4.78, 5) is 14.4. The molecular formula is C25H31NO3. The van der Waals surface area contributed by atoms with Crippen molar-refractivity contribution in [1.29, 1.82) is 0 Å². The minimum absolute atomic E-state index is 0.129. The summed E-state index contributed by atoms with van der Waals surface area (Å²) in [5, 5.41) is 0. The summed E-state index contributed by atoms with van der Waals surface area (Å²) in [7, 11) is 0. The van der Waals surface area contributed by atoms with Crippen LogP contribution >= 0.6 is 0 Å². The Kier molecular flexibility index (Phi) is 6.63. The number of ether oxygens (including phenoxy) is 2. The topological polar surface area (TPSA) is 38.8 Å². The van der Waals surface area contributed by atoms with E-state index in [1.807, 2.05) is 74.2 Å². The van der Waals surface area contributed by atoms with E-state index >= 15 is 0 Å². The third-order valence-corrected chi connectivity index (χ3v) is 5.04. The highest BCUT2D eigenvalue weighted by Crippen LogP contribution is 2.34. The summed E-state index contributed by atoms with van der Waals surface area (Å²) in [5.41, 5.74) is 1.69. The van der Waals surface area contributed by atoms with E-state index in [0.717, 1.165) is 36.3 Å². The molecule has 2 atom stereocenters. The van der Waals surface area contributed by atoms with Gasteiger partial charge in [-0.25, -0.2) is 4.79 Å². The predicted molar refractivity (Wildman–Crippen MR) is 117 cm³/mol. The molecule has 0 aliphatic carbocycles. The second-order valence-electron chi connectivity index (χ2n) is 8.55. The van der Waals surface area contributed by atoms with Gasteiger partial charge in [0.15, 0.2) is 0 Å². The molecule has 0 aromatic heterocycles. The van der Waals surface area contributed by atoms with E-state index in [4.69, 9.17) is 9.47 Å². The number of rotatable bonds is 5. The molecule has 4 nitrogen and oxygen atoms in total. The molecule has 1 heterocycles. The van der Waals surface area contributed by atoms with Gasteiger partial charge >= 0.3 is 6.09 Å². The van der Waals surface area contributed by atoms with E-state index in [1.165, 1.54) is 0 Å². The number of benzene rings is 2. The van der Waals surface area contributed by atoms with Crippen LogP contribution < -0.4 is 4.74 Å². The van der Waals surface area contributed by atoms with Crippen LogP contribution in [0.5, 0.6) is 5.75 Å². The number of nitrogens with zero attached hydrogens (tertiary/aromatic N) is 1. The van der Waals surface area contributed by atoms with Crippen molar-refractivity contribution < 1.29 is 14.3 Å². The molecule has 1 aliphatic heterocycles. The lowest BCUT2D eigenvalue weighted by Crippen LogP contribution is -2.44. The van der Waals surface area contributed by atoms with Crippen LogP contribution in [-0.4, -0.2) is 29.7 Å². The Morgan fingerprint density at radius 1 is 1.14 bits per heavy atom. The van der Waals surface area contributed by atoms with Crippen molar-refractivity contribution in [3.05, 3.63) is 72.3 Å². The summed E-state index contributed by atoms with van der Waals surface area (Å²) >= 11 is 0. The maximum absolute atomic E-state index is 12.6. The standard InChI is InChI=1S/C25H31NO3/c1-5-19-13-15-22(16-14-19)28-23(20-10-7-6-8-11-20)21-12-9-17-26(18-21)24(27)29-25(2,3)4/h5-8,10-11,13-16,21,23H,1,9,12,17-18H2,2-4H3. The average Bonchev–Trinajstić information content (AvgIpc) is 2.72. The van der Waals surface area contributed by atoms with Crippen LogP contribution in [0.15, 0.2) is 61.2 Å². The van der Waals surface area contributed by atoms with Gasteiger partial charge in [-0.15, -0.1) is 0 Å². The van der Waals surface area contributed by atoms with Crippen molar-refractivity contribution in [2.24, 2.45) is 5.92 Å². The lowest BCUT2D eigenvalue weighted by molar-refractivity contribution is 0.00585. The first-order valence-electron chi connectivity index (χ1n) is 10.3. The summed E-state index contributed by atoms with van der Waals surface area (Å²) in [5.74, 6) is 1.01. The smallest absolute Gasteiger partial charge is 0.410 e. The molecule has 1 saturated heterocycles. The van der Waals surface area contributed by atoms with Gasteiger partial charge < -0.3 is 14.4 Å². The summed E-state index contributed by atoms with van der Waals surface area (Å²) in [6, 6.07) is 18.2. The van der Waals surface area contributed by atoms with Gasteiger partial charge in [0.1, 0.15) is 17.5 Å². The molecule has 2 aromatic rings. The average molecular weight is 394 g/mol. The molecule has 2 aromatic carbocycles. The lowest BCUT2D eigenvalue weighted by Gasteiger charge is -2.37. The van der Waals surface area contributed by atoms with Gasteiger partial charge in [-0.05, 0) is 56.9 Å². The van der Waals surface area contributed by atoms with Crippen molar-refractivity contribution in [1.82, 2.24) is 4.90 Å². The zero-order valence-electron chi connectivity index (χ0n) is 17.6. The first kappa shape index (κ1) is 21.0. The number of carbonyl (C=O) groups is 1. The molecule has 0 saturated carbocycles. The molecule has 0 radical (unpaired) electrons. The van der Waals surface area contributed by atoms with E-state index in [1.54, 1.807) is 0 Å². The van der Waals surface area contributed by atoms with Crippen molar-refractivity contribution >= 4 is 12.2 Å². The van der Waals surface area contributed by atoms with Crippen LogP contribution in [0.25, 0.3) is 6.08 Å². The third kappa shape index (κ3) is 5.86. The van der Waals surface area contributed by atoms with Crippen LogP contribution in [0.1, 0.15) is 50.8 Å². The normalized spacial score (nSPS) is 18.0. The quantitative estimate of drug-likeness (QED) is 0.616. The van der Waals surface area contributed by atoms with Crippen LogP contribution in [0.2, 0.25) is 0 Å². The van der Waals surface area contributed by atoms with Gasteiger partial charge in [0.05, 0.1) is 0 Å². The second-order valence-corrected chi connectivity index (χ2v) is 8.55.